The Balaban J connectivity index is 2.64. The van der Waals surface area contributed by atoms with Crippen LogP contribution < -0.4 is 11.1 Å². The number of nitrogen functional groups attached to an aromatic ring is 1. The Morgan fingerprint density at radius 1 is 1.47 bits per heavy atom. The fourth-order valence-electron chi connectivity index (χ4n) is 1.41. The maximum Gasteiger partial charge on any atom is 0.328 e. The lowest BCUT2D eigenvalue weighted by Crippen LogP contribution is -2.31. The van der Waals surface area contributed by atoms with Gasteiger partial charge in [0.15, 0.2) is 0 Å². The van der Waals surface area contributed by atoms with Gasteiger partial charge in [-0.05, 0) is 42.7 Å². The number of carbonyl (C=O) groups excluding carboxylic acids is 1. The molecular weight excluding hydrogens is 236 g/mol. The Morgan fingerprint density at radius 3 is 2.65 bits per heavy atom. The van der Waals surface area contributed by atoms with Gasteiger partial charge in [0.2, 0.25) is 0 Å². The summed E-state index contributed by atoms with van der Waals surface area (Å²) in [4.78, 5) is 11.6. The molecule has 94 valence electrons. The zero-order chi connectivity index (χ0) is 12.7. The van der Waals surface area contributed by atoms with Crippen LogP contribution >= 0.6 is 11.8 Å². The molecule has 0 aliphatic heterocycles. The van der Waals surface area contributed by atoms with Gasteiger partial charge in [0.05, 0.1) is 7.11 Å². The van der Waals surface area contributed by atoms with E-state index in [-0.39, 0.29) is 12.0 Å². The van der Waals surface area contributed by atoms with E-state index in [0.717, 1.165) is 17.9 Å². The van der Waals surface area contributed by atoms with E-state index in [1.54, 1.807) is 23.9 Å². The molecular formula is C12H18N2O2S. The maximum atomic E-state index is 11.6. The number of hydrogen-bond donors (Lipinski definition) is 2. The third kappa shape index (κ3) is 4.56. The summed E-state index contributed by atoms with van der Waals surface area (Å²) in [5.41, 5.74) is 7.17. The summed E-state index contributed by atoms with van der Waals surface area (Å²) >= 11 is 1.70. The van der Waals surface area contributed by atoms with Crippen molar-refractivity contribution in [3.8, 4) is 0 Å². The standard InChI is InChI=1S/C12H18N2O2S/c1-16-12(15)11(7-8-17-2)14-10-5-3-9(13)4-6-10/h3-6,11,14H,7-8,13H2,1-2H3/t11-/m0/s1. The Bertz CT molecular complexity index is 354. The fourth-order valence-corrected chi connectivity index (χ4v) is 1.88. The summed E-state index contributed by atoms with van der Waals surface area (Å²) < 4.78 is 4.77. The van der Waals surface area contributed by atoms with E-state index >= 15 is 0 Å². The molecule has 0 aromatic heterocycles. The number of ether oxygens (including phenoxy) is 1. The van der Waals surface area contributed by atoms with Gasteiger partial charge in [-0.3, -0.25) is 0 Å². The largest absolute Gasteiger partial charge is 0.467 e. The highest BCUT2D eigenvalue weighted by Crippen LogP contribution is 2.14. The molecule has 4 nitrogen and oxygen atoms in total. The molecule has 0 amide bonds. The van der Waals surface area contributed by atoms with Gasteiger partial charge >= 0.3 is 5.97 Å². The van der Waals surface area contributed by atoms with Gasteiger partial charge < -0.3 is 15.8 Å². The normalized spacial score (nSPS) is 11.9. The van der Waals surface area contributed by atoms with Crippen molar-refractivity contribution in [2.45, 2.75) is 12.5 Å². The quantitative estimate of drug-likeness (QED) is 0.600. The Kier molecular flexibility index (Phi) is 5.69. The first-order chi connectivity index (χ1) is 8.17. The zero-order valence-electron chi connectivity index (χ0n) is 10.1. The second-order valence-corrected chi connectivity index (χ2v) is 4.61. The molecule has 0 aliphatic rings. The summed E-state index contributed by atoms with van der Waals surface area (Å²) in [6.45, 7) is 0. The van der Waals surface area contributed by atoms with Crippen LogP contribution in [0.2, 0.25) is 0 Å². The molecule has 17 heavy (non-hydrogen) atoms. The lowest BCUT2D eigenvalue weighted by Gasteiger charge is -2.17. The third-order valence-corrected chi connectivity index (χ3v) is 2.99. The van der Waals surface area contributed by atoms with Gasteiger partial charge in [-0.1, -0.05) is 0 Å². The highest BCUT2D eigenvalue weighted by molar-refractivity contribution is 7.98. The van der Waals surface area contributed by atoms with Gasteiger partial charge in [0, 0.05) is 11.4 Å². The molecule has 0 heterocycles. The van der Waals surface area contributed by atoms with Gasteiger partial charge in [-0.2, -0.15) is 11.8 Å². The Hall–Kier alpha value is -1.36. The van der Waals surface area contributed by atoms with Crippen molar-refractivity contribution in [2.75, 3.05) is 30.2 Å². The van der Waals surface area contributed by atoms with Gasteiger partial charge in [-0.25, -0.2) is 4.79 Å². The van der Waals surface area contributed by atoms with Gasteiger partial charge in [-0.15, -0.1) is 0 Å². The van der Waals surface area contributed by atoms with Crippen LogP contribution in [0.1, 0.15) is 6.42 Å². The van der Waals surface area contributed by atoms with Crippen LogP contribution in [0.15, 0.2) is 24.3 Å². The molecule has 0 radical (unpaired) electrons. The van der Waals surface area contributed by atoms with E-state index in [2.05, 4.69) is 5.32 Å². The minimum atomic E-state index is -0.309. The molecule has 0 saturated carbocycles. The first-order valence-electron chi connectivity index (χ1n) is 5.36. The molecule has 1 aromatic carbocycles. The van der Waals surface area contributed by atoms with Crippen molar-refractivity contribution in [1.82, 2.24) is 0 Å². The number of benzene rings is 1. The van der Waals surface area contributed by atoms with Crippen LogP contribution in [0, 0.1) is 0 Å². The summed E-state index contributed by atoms with van der Waals surface area (Å²) in [5, 5.41) is 3.15. The number of methoxy groups -OCH3 is 1. The average molecular weight is 254 g/mol. The molecule has 1 atom stereocenters. The van der Waals surface area contributed by atoms with E-state index < -0.39 is 0 Å². The van der Waals surface area contributed by atoms with Crippen molar-refractivity contribution in [2.24, 2.45) is 0 Å². The number of esters is 1. The highest BCUT2D eigenvalue weighted by atomic mass is 32.2. The van der Waals surface area contributed by atoms with E-state index in [1.807, 2.05) is 18.4 Å². The summed E-state index contributed by atoms with van der Waals surface area (Å²) in [7, 11) is 1.40. The SMILES string of the molecule is COC(=O)[C@H](CCSC)Nc1ccc(N)cc1. The molecule has 0 aliphatic carbocycles. The second-order valence-electron chi connectivity index (χ2n) is 3.62. The number of carbonyl (C=O) groups is 1. The average Bonchev–Trinajstić information content (AvgIpc) is 2.36. The maximum absolute atomic E-state index is 11.6. The lowest BCUT2D eigenvalue weighted by molar-refractivity contribution is -0.141. The van der Waals surface area contributed by atoms with E-state index in [9.17, 15) is 4.79 Å². The molecule has 3 N–H and O–H groups in total. The number of nitrogens with two attached hydrogens (primary N) is 1. The molecule has 1 rings (SSSR count). The van der Waals surface area contributed by atoms with Crippen LogP contribution in [-0.4, -0.2) is 31.1 Å². The van der Waals surface area contributed by atoms with E-state index in [1.165, 1.54) is 7.11 Å². The topological polar surface area (TPSA) is 64.3 Å². The molecule has 5 heteroatoms. The number of rotatable bonds is 6. The first kappa shape index (κ1) is 13.7. The minimum absolute atomic E-state index is 0.240. The predicted octanol–water partition coefficient (Wildman–Crippen LogP) is 1.98. The number of anilines is 2. The summed E-state index contributed by atoms with van der Waals surface area (Å²) in [5.74, 6) is 0.665. The van der Waals surface area contributed by atoms with Crippen LogP contribution in [0.5, 0.6) is 0 Å². The van der Waals surface area contributed by atoms with Crippen molar-refractivity contribution in [1.29, 1.82) is 0 Å². The van der Waals surface area contributed by atoms with Gasteiger partial charge in [0.1, 0.15) is 6.04 Å². The monoisotopic (exact) mass is 254 g/mol. The molecule has 1 aromatic rings. The Morgan fingerprint density at radius 2 is 2.12 bits per heavy atom. The minimum Gasteiger partial charge on any atom is -0.467 e. The molecule has 0 bridgehead atoms. The number of nitrogens with one attached hydrogen (secondary N) is 1. The second kappa shape index (κ2) is 7.06. The zero-order valence-corrected chi connectivity index (χ0v) is 10.9. The van der Waals surface area contributed by atoms with Crippen molar-refractivity contribution < 1.29 is 9.53 Å². The lowest BCUT2D eigenvalue weighted by atomic mass is 10.2. The molecule has 0 fully saturated rings. The summed E-state index contributed by atoms with van der Waals surface area (Å²) in [6, 6.07) is 6.99. The molecule has 0 saturated heterocycles. The molecule has 0 unspecified atom stereocenters. The first-order valence-corrected chi connectivity index (χ1v) is 6.75. The smallest absolute Gasteiger partial charge is 0.328 e. The van der Waals surface area contributed by atoms with Crippen LogP contribution in [0.4, 0.5) is 11.4 Å². The van der Waals surface area contributed by atoms with Crippen LogP contribution in [0.25, 0.3) is 0 Å². The Labute approximate surface area is 106 Å². The number of hydrogen-bond acceptors (Lipinski definition) is 5. The van der Waals surface area contributed by atoms with Crippen molar-refractivity contribution in [3.05, 3.63) is 24.3 Å². The van der Waals surface area contributed by atoms with Crippen LogP contribution in [-0.2, 0) is 9.53 Å². The highest BCUT2D eigenvalue weighted by Gasteiger charge is 2.18. The predicted molar refractivity (Wildman–Crippen MR) is 73.3 cm³/mol. The fraction of sp³-hybridized carbons (Fsp3) is 0.417. The van der Waals surface area contributed by atoms with E-state index in [4.69, 9.17) is 10.5 Å². The van der Waals surface area contributed by atoms with Crippen LogP contribution in [0.3, 0.4) is 0 Å². The van der Waals surface area contributed by atoms with Crippen molar-refractivity contribution >= 4 is 29.1 Å². The number of thioether (sulfide) groups is 1. The van der Waals surface area contributed by atoms with Crippen molar-refractivity contribution in [3.63, 3.8) is 0 Å². The van der Waals surface area contributed by atoms with Gasteiger partial charge in [0.25, 0.3) is 0 Å². The summed E-state index contributed by atoms with van der Waals surface area (Å²) in [6.07, 6.45) is 2.75. The third-order valence-electron chi connectivity index (χ3n) is 2.35. The molecule has 0 spiro atoms. The van der Waals surface area contributed by atoms with E-state index in [0.29, 0.717) is 5.69 Å².